The SMILES string of the molecule is CN(C)c1ccc2nc(/C=C(\C#N)C(=O)NCCOCCOCCCCCCCl)ccc2c1.CN(C)c1ccc2nc(/C=C(\C#N)C(=O)O)ccc2c1. The van der Waals surface area contributed by atoms with Crippen LogP contribution in [0.25, 0.3) is 34.0 Å². The zero-order valence-corrected chi connectivity index (χ0v) is 31.4. The van der Waals surface area contributed by atoms with E-state index < -0.39 is 11.9 Å². The number of amides is 1. The zero-order valence-electron chi connectivity index (χ0n) is 30.6. The third kappa shape index (κ3) is 14.2. The Balaban J connectivity index is 0.000000321. The van der Waals surface area contributed by atoms with Gasteiger partial charge in [-0.2, -0.15) is 10.5 Å². The van der Waals surface area contributed by atoms with Gasteiger partial charge < -0.3 is 29.7 Å². The molecule has 0 saturated carbocycles. The first-order chi connectivity index (χ1) is 25.6. The van der Waals surface area contributed by atoms with Crippen LogP contribution in [0.15, 0.2) is 71.8 Å². The fraction of sp³-hybridized carbons (Fsp3) is 0.350. The molecule has 2 N–H and O–H groups in total. The van der Waals surface area contributed by atoms with E-state index in [-0.39, 0.29) is 11.1 Å². The van der Waals surface area contributed by atoms with E-state index in [1.165, 1.54) is 12.2 Å². The van der Waals surface area contributed by atoms with Crippen LogP contribution in [0.5, 0.6) is 0 Å². The summed E-state index contributed by atoms with van der Waals surface area (Å²) in [7, 11) is 7.88. The number of nitrogens with zero attached hydrogens (tertiary/aromatic N) is 6. The zero-order chi connectivity index (χ0) is 38.6. The van der Waals surface area contributed by atoms with E-state index in [2.05, 4.69) is 15.3 Å². The van der Waals surface area contributed by atoms with Gasteiger partial charge >= 0.3 is 5.97 Å². The Bertz CT molecular complexity index is 1980. The Labute approximate surface area is 315 Å². The molecule has 53 heavy (non-hydrogen) atoms. The molecule has 4 aromatic rings. The number of hydrogen-bond acceptors (Lipinski definition) is 10. The van der Waals surface area contributed by atoms with Crippen molar-refractivity contribution >= 4 is 68.8 Å². The monoisotopic (exact) mass is 739 g/mol. The number of hydrogen-bond donors (Lipinski definition) is 2. The lowest BCUT2D eigenvalue weighted by Gasteiger charge is -2.12. The first-order valence-electron chi connectivity index (χ1n) is 17.2. The van der Waals surface area contributed by atoms with Crippen LogP contribution in [-0.2, 0) is 19.1 Å². The number of nitrogens with one attached hydrogen (secondary N) is 1. The smallest absolute Gasteiger partial charge is 0.346 e. The first-order valence-corrected chi connectivity index (χ1v) is 17.7. The Morgan fingerprint density at radius 3 is 1.74 bits per heavy atom. The lowest BCUT2D eigenvalue weighted by molar-refractivity contribution is -0.132. The molecule has 278 valence electrons. The van der Waals surface area contributed by atoms with Crippen LogP contribution in [0.3, 0.4) is 0 Å². The molecule has 0 aliphatic heterocycles. The van der Waals surface area contributed by atoms with E-state index in [0.717, 1.165) is 71.4 Å². The molecule has 0 radical (unpaired) electrons. The highest BCUT2D eigenvalue weighted by atomic mass is 35.5. The minimum Gasteiger partial charge on any atom is -0.477 e. The normalized spacial score (nSPS) is 11.3. The van der Waals surface area contributed by atoms with Crippen LogP contribution in [0.4, 0.5) is 11.4 Å². The maximum absolute atomic E-state index is 12.3. The molecule has 2 aromatic carbocycles. The topological polar surface area (TPSA) is 165 Å². The lowest BCUT2D eigenvalue weighted by Crippen LogP contribution is -2.28. The van der Waals surface area contributed by atoms with Crippen molar-refractivity contribution < 1.29 is 24.2 Å². The molecule has 13 heteroatoms. The van der Waals surface area contributed by atoms with Crippen molar-refractivity contribution in [1.29, 1.82) is 10.5 Å². The second kappa shape index (κ2) is 22.4. The van der Waals surface area contributed by atoms with Gasteiger partial charge in [0.15, 0.2) is 0 Å². The van der Waals surface area contributed by atoms with E-state index in [0.29, 0.717) is 37.8 Å². The molecule has 0 unspecified atom stereocenters. The average Bonchev–Trinajstić information content (AvgIpc) is 3.15. The number of anilines is 2. The largest absolute Gasteiger partial charge is 0.477 e. The number of ether oxygens (including phenoxy) is 2. The van der Waals surface area contributed by atoms with Crippen LogP contribution in [0, 0.1) is 22.7 Å². The van der Waals surface area contributed by atoms with Crippen molar-refractivity contribution in [3.63, 3.8) is 0 Å². The molecular formula is C40H46ClN7O5. The lowest BCUT2D eigenvalue weighted by atomic mass is 10.1. The standard InChI is InChI=1S/C25H33ClN4O3.C15H13N3O2/c1-30(2)23-9-10-24-20(18-23)7-8-22(29-24)17-21(19-27)25(31)28-12-14-33-16-15-32-13-6-4-3-5-11-26;1-18(2)13-5-6-14-10(8-13)3-4-12(17-14)7-11(9-16)15(19)20/h7-10,17-18H,3-6,11-16H2,1-2H3,(H,28,31);3-8H,1-2H3,(H,19,20)/b21-17+;11-7+. The van der Waals surface area contributed by atoms with E-state index >= 15 is 0 Å². The summed E-state index contributed by atoms with van der Waals surface area (Å²) in [6, 6.07) is 22.6. The third-order valence-electron chi connectivity index (χ3n) is 7.80. The summed E-state index contributed by atoms with van der Waals surface area (Å²) < 4.78 is 11.0. The van der Waals surface area contributed by atoms with Gasteiger partial charge in [0.2, 0.25) is 0 Å². The summed E-state index contributed by atoms with van der Waals surface area (Å²) in [5.41, 5.74) is 4.38. The van der Waals surface area contributed by atoms with Gasteiger partial charge in [0, 0.05) is 69.4 Å². The Kier molecular flexibility index (Phi) is 17.7. The van der Waals surface area contributed by atoms with Gasteiger partial charge in [0.05, 0.1) is 42.2 Å². The van der Waals surface area contributed by atoms with Gasteiger partial charge in [0.25, 0.3) is 5.91 Å². The summed E-state index contributed by atoms with van der Waals surface area (Å²) in [4.78, 5) is 36.0. The molecule has 0 aliphatic rings. The Hall–Kier alpha value is -5.53. The van der Waals surface area contributed by atoms with Crippen molar-refractivity contribution in [3.8, 4) is 12.1 Å². The predicted octanol–water partition coefficient (Wildman–Crippen LogP) is 6.45. The van der Waals surface area contributed by atoms with Gasteiger partial charge in [-0.05, 0) is 73.5 Å². The van der Waals surface area contributed by atoms with Crippen LogP contribution in [0.1, 0.15) is 37.1 Å². The first kappa shape index (κ1) is 41.9. The highest BCUT2D eigenvalue weighted by Crippen LogP contribution is 2.22. The number of nitriles is 2. The molecule has 4 rings (SSSR count). The van der Waals surface area contributed by atoms with E-state index in [4.69, 9.17) is 31.4 Å². The number of fused-ring (bicyclic) bond motifs is 2. The molecule has 2 aromatic heterocycles. The van der Waals surface area contributed by atoms with Crippen molar-refractivity contribution in [3.05, 3.63) is 83.2 Å². The summed E-state index contributed by atoms with van der Waals surface area (Å²) in [5.74, 6) is -0.980. The van der Waals surface area contributed by atoms with Crippen LogP contribution < -0.4 is 15.1 Å². The molecule has 12 nitrogen and oxygen atoms in total. The van der Waals surface area contributed by atoms with Crippen LogP contribution in [-0.4, -0.2) is 94.0 Å². The average molecular weight is 740 g/mol. The van der Waals surface area contributed by atoms with Crippen molar-refractivity contribution in [2.75, 3.05) is 76.8 Å². The molecule has 0 atom stereocenters. The Morgan fingerprint density at radius 1 is 0.736 bits per heavy atom. The maximum Gasteiger partial charge on any atom is 0.346 e. The number of carbonyl (C=O) groups is 2. The van der Waals surface area contributed by atoms with Crippen molar-refractivity contribution in [2.45, 2.75) is 25.7 Å². The van der Waals surface area contributed by atoms with Crippen LogP contribution >= 0.6 is 11.6 Å². The number of aliphatic carboxylic acids is 1. The van der Waals surface area contributed by atoms with E-state index in [1.54, 1.807) is 18.2 Å². The molecular weight excluding hydrogens is 694 g/mol. The molecule has 0 spiro atoms. The number of aromatic nitrogens is 2. The number of halogens is 1. The highest BCUT2D eigenvalue weighted by Gasteiger charge is 2.10. The molecule has 1 amide bonds. The highest BCUT2D eigenvalue weighted by molar-refractivity contribution is 6.17. The predicted molar refractivity (Wildman–Crippen MR) is 211 cm³/mol. The van der Waals surface area contributed by atoms with E-state index in [1.807, 2.05) is 92.6 Å². The van der Waals surface area contributed by atoms with Crippen molar-refractivity contribution in [1.82, 2.24) is 15.3 Å². The van der Waals surface area contributed by atoms with Gasteiger partial charge in [-0.1, -0.05) is 25.0 Å². The number of carboxylic acids is 1. The number of rotatable bonds is 18. The minimum atomic E-state index is -1.25. The minimum absolute atomic E-state index is 0.00395. The summed E-state index contributed by atoms with van der Waals surface area (Å²) in [6.45, 7) is 2.38. The molecule has 0 saturated heterocycles. The second-order valence-electron chi connectivity index (χ2n) is 12.2. The summed E-state index contributed by atoms with van der Waals surface area (Å²) in [6.07, 6.45) is 7.10. The van der Waals surface area contributed by atoms with Crippen molar-refractivity contribution in [2.24, 2.45) is 0 Å². The number of benzene rings is 2. The van der Waals surface area contributed by atoms with Gasteiger partial charge in [-0.15, -0.1) is 11.6 Å². The number of carboxylic acid groups (broad SMARTS) is 1. The van der Waals surface area contributed by atoms with E-state index in [9.17, 15) is 14.9 Å². The molecule has 0 fully saturated rings. The fourth-order valence-corrected chi connectivity index (χ4v) is 5.06. The van der Waals surface area contributed by atoms with Gasteiger partial charge in [0.1, 0.15) is 23.3 Å². The summed E-state index contributed by atoms with van der Waals surface area (Å²) in [5, 5.41) is 31.6. The maximum atomic E-state index is 12.3. The van der Waals surface area contributed by atoms with Gasteiger partial charge in [-0.25, -0.2) is 14.8 Å². The van der Waals surface area contributed by atoms with Crippen LogP contribution in [0.2, 0.25) is 0 Å². The quantitative estimate of drug-likeness (QED) is 0.0499. The number of pyridine rings is 2. The fourth-order valence-electron chi connectivity index (χ4n) is 4.87. The molecule has 0 bridgehead atoms. The number of carbonyl (C=O) groups excluding carboxylic acids is 1. The molecule has 0 aliphatic carbocycles. The number of unbranched alkanes of at least 4 members (excludes halogenated alkanes) is 3. The van der Waals surface area contributed by atoms with Gasteiger partial charge in [-0.3, -0.25) is 4.79 Å². The molecule has 2 heterocycles. The summed E-state index contributed by atoms with van der Waals surface area (Å²) >= 11 is 5.64. The third-order valence-corrected chi connectivity index (χ3v) is 8.07. The second-order valence-corrected chi connectivity index (χ2v) is 12.6. The number of alkyl halides is 1. The Morgan fingerprint density at radius 2 is 1.25 bits per heavy atom.